The monoisotopic (exact) mass is 326 g/mol. The maximum absolute atomic E-state index is 6.01. The van der Waals surface area contributed by atoms with Crippen molar-refractivity contribution in [3.63, 3.8) is 0 Å². The van der Waals surface area contributed by atoms with Gasteiger partial charge >= 0.3 is 0 Å². The summed E-state index contributed by atoms with van der Waals surface area (Å²) in [5.41, 5.74) is 2.33. The van der Waals surface area contributed by atoms with Crippen LogP contribution in [0.4, 0.5) is 0 Å². The Kier molecular flexibility index (Phi) is 4.90. The summed E-state index contributed by atoms with van der Waals surface area (Å²) in [6.45, 7) is 2.29. The molecule has 24 heavy (non-hydrogen) atoms. The molecule has 0 bridgehead atoms. The molecular formula is C20H22O4. The van der Waals surface area contributed by atoms with Crippen molar-refractivity contribution in [3.8, 4) is 0 Å². The van der Waals surface area contributed by atoms with Crippen LogP contribution in [0, 0.1) is 0 Å². The zero-order valence-electron chi connectivity index (χ0n) is 13.5. The fraction of sp³-hybridized carbons (Fsp3) is 0.400. The largest absolute Gasteiger partial charge is 0.370 e. The van der Waals surface area contributed by atoms with E-state index < -0.39 is 0 Å². The molecule has 4 nitrogen and oxygen atoms in total. The number of hydrogen-bond donors (Lipinski definition) is 0. The summed E-state index contributed by atoms with van der Waals surface area (Å²) < 4.78 is 23.8. The highest BCUT2D eigenvalue weighted by molar-refractivity contribution is 5.14. The average Bonchev–Trinajstić information content (AvgIpc) is 3.22. The topological polar surface area (TPSA) is 36.9 Å². The molecule has 0 N–H and O–H groups in total. The van der Waals surface area contributed by atoms with E-state index in [0.29, 0.717) is 26.4 Å². The number of ether oxygens (including phenoxy) is 4. The van der Waals surface area contributed by atoms with Gasteiger partial charge in [-0.2, -0.15) is 0 Å². The standard InChI is InChI=1S/C20H22O4/c1-3-7-15(8-4-1)11-21-17-13-23-20-18(14-24-19(17)20)22-12-16-9-5-2-6-10-16/h1-10,17-20H,11-14H2/t17-,18+,19-,20-/m1/s1. The number of hydrogen-bond acceptors (Lipinski definition) is 4. The molecule has 0 unspecified atom stereocenters. The number of benzene rings is 2. The summed E-state index contributed by atoms with van der Waals surface area (Å²) in [5, 5.41) is 0. The normalized spacial score (nSPS) is 28.8. The van der Waals surface area contributed by atoms with Crippen LogP contribution in [-0.2, 0) is 32.2 Å². The number of rotatable bonds is 6. The van der Waals surface area contributed by atoms with Gasteiger partial charge in [0.1, 0.15) is 24.4 Å². The van der Waals surface area contributed by atoms with Gasteiger partial charge in [0.2, 0.25) is 0 Å². The molecule has 2 fully saturated rings. The highest BCUT2D eigenvalue weighted by atomic mass is 16.6. The first kappa shape index (κ1) is 15.8. The first-order chi connectivity index (χ1) is 11.9. The smallest absolute Gasteiger partial charge is 0.115 e. The van der Waals surface area contributed by atoms with E-state index in [0.717, 1.165) is 11.1 Å². The predicted octanol–water partition coefficient (Wildman–Crippen LogP) is 2.95. The zero-order chi connectivity index (χ0) is 16.2. The van der Waals surface area contributed by atoms with Gasteiger partial charge in [-0.1, -0.05) is 60.7 Å². The lowest BCUT2D eigenvalue weighted by Gasteiger charge is -2.17. The maximum Gasteiger partial charge on any atom is 0.115 e. The van der Waals surface area contributed by atoms with Crippen LogP contribution in [0.15, 0.2) is 60.7 Å². The molecule has 0 radical (unpaired) electrons. The Morgan fingerprint density at radius 2 is 1.08 bits per heavy atom. The van der Waals surface area contributed by atoms with E-state index in [1.54, 1.807) is 0 Å². The van der Waals surface area contributed by atoms with Crippen LogP contribution in [0.2, 0.25) is 0 Å². The SMILES string of the molecule is c1ccc(CO[C@H]2CO[C@H]3[C@@H]2OC[C@H]3OCc2ccccc2)cc1. The lowest BCUT2D eigenvalue weighted by Crippen LogP contribution is -2.34. The quantitative estimate of drug-likeness (QED) is 0.818. The van der Waals surface area contributed by atoms with E-state index in [1.807, 2.05) is 36.4 Å². The highest BCUT2D eigenvalue weighted by Crippen LogP contribution is 2.31. The van der Waals surface area contributed by atoms with Gasteiger partial charge in [0.05, 0.1) is 26.4 Å². The van der Waals surface area contributed by atoms with Crippen molar-refractivity contribution in [2.75, 3.05) is 13.2 Å². The van der Waals surface area contributed by atoms with E-state index in [9.17, 15) is 0 Å². The molecule has 0 aliphatic carbocycles. The molecule has 0 amide bonds. The highest BCUT2D eigenvalue weighted by Gasteiger charge is 2.48. The molecule has 126 valence electrons. The Bertz CT molecular complexity index is 573. The molecule has 2 aromatic carbocycles. The van der Waals surface area contributed by atoms with Crippen molar-refractivity contribution in [3.05, 3.63) is 71.8 Å². The molecule has 2 aromatic rings. The second kappa shape index (κ2) is 7.45. The third-order valence-electron chi connectivity index (χ3n) is 4.58. The fourth-order valence-corrected chi connectivity index (χ4v) is 3.27. The summed E-state index contributed by atoms with van der Waals surface area (Å²) in [5.74, 6) is 0. The Morgan fingerprint density at radius 3 is 1.50 bits per heavy atom. The van der Waals surface area contributed by atoms with Gasteiger partial charge in [-0.15, -0.1) is 0 Å². The van der Waals surface area contributed by atoms with Crippen molar-refractivity contribution >= 4 is 0 Å². The first-order valence-electron chi connectivity index (χ1n) is 8.44. The zero-order valence-corrected chi connectivity index (χ0v) is 13.5. The summed E-state index contributed by atoms with van der Waals surface area (Å²) in [7, 11) is 0. The summed E-state index contributed by atoms with van der Waals surface area (Å²) in [4.78, 5) is 0. The van der Waals surface area contributed by atoms with E-state index in [-0.39, 0.29) is 24.4 Å². The third-order valence-corrected chi connectivity index (χ3v) is 4.58. The van der Waals surface area contributed by atoms with Crippen LogP contribution in [0.25, 0.3) is 0 Å². The van der Waals surface area contributed by atoms with Gasteiger partial charge in [0, 0.05) is 0 Å². The van der Waals surface area contributed by atoms with Crippen LogP contribution < -0.4 is 0 Å². The maximum atomic E-state index is 6.01. The predicted molar refractivity (Wildman–Crippen MR) is 89.5 cm³/mol. The van der Waals surface area contributed by atoms with Crippen LogP contribution >= 0.6 is 0 Å². The minimum atomic E-state index is -0.0329. The van der Waals surface area contributed by atoms with E-state index in [2.05, 4.69) is 24.3 Å². The number of fused-ring (bicyclic) bond motifs is 1. The van der Waals surface area contributed by atoms with Crippen molar-refractivity contribution in [1.29, 1.82) is 0 Å². The van der Waals surface area contributed by atoms with Crippen molar-refractivity contribution in [2.24, 2.45) is 0 Å². The molecule has 4 rings (SSSR count). The molecule has 2 saturated heterocycles. The minimum absolute atomic E-state index is 0.0273. The Balaban J connectivity index is 1.29. The summed E-state index contributed by atoms with van der Waals surface area (Å²) in [6, 6.07) is 20.4. The van der Waals surface area contributed by atoms with E-state index >= 15 is 0 Å². The molecule has 0 aromatic heterocycles. The van der Waals surface area contributed by atoms with Crippen LogP contribution in [-0.4, -0.2) is 37.6 Å². The molecule has 0 spiro atoms. The fourth-order valence-electron chi connectivity index (χ4n) is 3.27. The molecule has 2 aliphatic rings. The molecule has 4 heteroatoms. The molecule has 4 atom stereocenters. The van der Waals surface area contributed by atoms with Gasteiger partial charge in [0.25, 0.3) is 0 Å². The third kappa shape index (κ3) is 3.52. The Hall–Kier alpha value is -1.72. The van der Waals surface area contributed by atoms with Crippen LogP contribution in [0.3, 0.4) is 0 Å². The Labute approximate surface area is 142 Å². The van der Waals surface area contributed by atoms with Gasteiger partial charge in [-0.25, -0.2) is 0 Å². The molecule has 0 saturated carbocycles. The van der Waals surface area contributed by atoms with Crippen LogP contribution in [0.5, 0.6) is 0 Å². The van der Waals surface area contributed by atoms with E-state index in [1.165, 1.54) is 0 Å². The lowest BCUT2D eigenvalue weighted by atomic mass is 10.1. The van der Waals surface area contributed by atoms with Crippen LogP contribution in [0.1, 0.15) is 11.1 Å². The minimum Gasteiger partial charge on any atom is -0.370 e. The van der Waals surface area contributed by atoms with Gasteiger partial charge < -0.3 is 18.9 Å². The molecule has 2 aliphatic heterocycles. The second-order valence-corrected chi connectivity index (χ2v) is 6.27. The van der Waals surface area contributed by atoms with Crippen molar-refractivity contribution < 1.29 is 18.9 Å². The van der Waals surface area contributed by atoms with Crippen molar-refractivity contribution in [2.45, 2.75) is 37.6 Å². The summed E-state index contributed by atoms with van der Waals surface area (Å²) >= 11 is 0. The molecule has 2 heterocycles. The van der Waals surface area contributed by atoms with Gasteiger partial charge in [-0.05, 0) is 11.1 Å². The molecular weight excluding hydrogens is 304 g/mol. The lowest BCUT2D eigenvalue weighted by molar-refractivity contribution is -0.0580. The average molecular weight is 326 g/mol. The van der Waals surface area contributed by atoms with E-state index in [4.69, 9.17) is 18.9 Å². The second-order valence-electron chi connectivity index (χ2n) is 6.27. The first-order valence-corrected chi connectivity index (χ1v) is 8.44. The van der Waals surface area contributed by atoms with Gasteiger partial charge in [0.15, 0.2) is 0 Å². The van der Waals surface area contributed by atoms with Gasteiger partial charge in [-0.3, -0.25) is 0 Å². The Morgan fingerprint density at radius 1 is 0.667 bits per heavy atom. The van der Waals surface area contributed by atoms with Crippen molar-refractivity contribution in [1.82, 2.24) is 0 Å². The summed E-state index contributed by atoms with van der Waals surface area (Å²) in [6.07, 6.45) is -0.120.